The van der Waals surface area contributed by atoms with Gasteiger partial charge in [0.05, 0.1) is 37.1 Å². The molecule has 2 aliphatic rings. The second kappa shape index (κ2) is 11.4. The van der Waals surface area contributed by atoms with E-state index in [1.54, 1.807) is 32.0 Å². The first-order valence-electron chi connectivity index (χ1n) is 13.3. The quantitative estimate of drug-likeness (QED) is 0.476. The van der Waals surface area contributed by atoms with Gasteiger partial charge in [0.1, 0.15) is 11.5 Å². The van der Waals surface area contributed by atoms with Gasteiger partial charge in [-0.15, -0.1) is 0 Å². The normalized spacial score (nSPS) is 15.4. The molecule has 0 aliphatic carbocycles. The largest absolute Gasteiger partial charge is 0.378 e. The number of carbonyl (C=O) groups is 2. The molecule has 1 fully saturated rings. The summed E-state index contributed by atoms with van der Waals surface area (Å²) in [7, 11) is 3.51. The smallest absolute Gasteiger partial charge is 0.242 e. The van der Waals surface area contributed by atoms with Crippen molar-refractivity contribution >= 4 is 29.3 Å². The van der Waals surface area contributed by atoms with Crippen LogP contribution >= 0.6 is 0 Å². The molecule has 0 radical (unpaired) electrons. The fourth-order valence-electron chi connectivity index (χ4n) is 4.86. The Labute approximate surface area is 234 Å². The van der Waals surface area contributed by atoms with E-state index in [4.69, 9.17) is 19.7 Å². The van der Waals surface area contributed by atoms with Gasteiger partial charge >= 0.3 is 0 Å². The Morgan fingerprint density at radius 2 is 1.77 bits per heavy atom. The van der Waals surface area contributed by atoms with Gasteiger partial charge in [-0.05, 0) is 69.6 Å². The SMILES string of the molecule is CNC(C)C(=O)Nc1ccc(-c2c(C)nc(N3CCOCC3)nc2C)c(C#Cc2ccc3c(c2)CC(=O)N3C)n1. The van der Waals surface area contributed by atoms with Crippen molar-refractivity contribution in [2.24, 2.45) is 0 Å². The van der Waals surface area contributed by atoms with Gasteiger partial charge in [0.2, 0.25) is 17.8 Å². The molecule has 1 aromatic carbocycles. The Morgan fingerprint density at radius 1 is 1.05 bits per heavy atom. The number of likely N-dealkylation sites (N-methyl/N-ethyl adjacent to an activating group) is 2. The molecule has 3 aromatic rings. The first kappa shape index (κ1) is 27.2. The first-order valence-corrected chi connectivity index (χ1v) is 13.3. The van der Waals surface area contributed by atoms with Crippen LogP contribution in [0, 0.1) is 25.7 Å². The van der Waals surface area contributed by atoms with Crippen LogP contribution in [-0.4, -0.2) is 73.2 Å². The maximum atomic E-state index is 12.5. The van der Waals surface area contributed by atoms with Gasteiger partial charge in [0, 0.05) is 42.5 Å². The van der Waals surface area contributed by atoms with Crippen LogP contribution in [0.3, 0.4) is 0 Å². The Hall–Kier alpha value is -4.33. The molecule has 2 aliphatic heterocycles. The highest BCUT2D eigenvalue weighted by Crippen LogP contribution is 2.31. The lowest BCUT2D eigenvalue weighted by Crippen LogP contribution is -2.37. The number of carbonyl (C=O) groups excluding carboxylic acids is 2. The number of morpholine rings is 1. The van der Waals surface area contributed by atoms with Crippen LogP contribution in [-0.2, 0) is 20.7 Å². The van der Waals surface area contributed by atoms with E-state index < -0.39 is 0 Å². The van der Waals surface area contributed by atoms with Gasteiger partial charge in [-0.25, -0.2) is 15.0 Å². The number of amides is 2. The van der Waals surface area contributed by atoms with Gasteiger partial charge in [-0.2, -0.15) is 0 Å². The molecule has 2 amide bonds. The molecule has 4 heterocycles. The average molecular weight is 540 g/mol. The lowest BCUT2D eigenvalue weighted by atomic mass is 10.0. The van der Waals surface area contributed by atoms with E-state index in [9.17, 15) is 9.59 Å². The Morgan fingerprint density at radius 3 is 2.48 bits per heavy atom. The average Bonchev–Trinajstić information content (AvgIpc) is 3.24. The predicted octanol–water partition coefficient (Wildman–Crippen LogP) is 2.46. The van der Waals surface area contributed by atoms with E-state index in [0.29, 0.717) is 37.1 Å². The molecule has 0 saturated carbocycles. The summed E-state index contributed by atoms with van der Waals surface area (Å²) >= 11 is 0. The van der Waals surface area contributed by atoms with Gasteiger partial charge in [-0.3, -0.25) is 9.59 Å². The molecule has 206 valence electrons. The predicted molar refractivity (Wildman–Crippen MR) is 154 cm³/mol. The monoisotopic (exact) mass is 539 g/mol. The highest BCUT2D eigenvalue weighted by atomic mass is 16.5. The van der Waals surface area contributed by atoms with Crippen LogP contribution in [0.2, 0.25) is 0 Å². The molecule has 0 spiro atoms. The number of nitrogens with zero attached hydrogens (tertiary/aromatic N) is 5. The van der Waals surface area contributed by atoms with E-state index in [1.165, 1.54) is 0 Å². The maximum absolute atomic E-state index is 12.5. The van der Waals surface area contributed by atoms with Crippen molar-refractivity contribution < 1.29 is 14.3 Å². The number of hydrogen-bond donors (Lipinski definition) is 2. The summed E-state index contributed by atoms with van der Waals surface area (Å²) in [4.78, 5) is 42.8. The number of nitrogens with one attached hydrogen (secondary N) is 2. The van der Waals surface area contributed by atoms with E-state index in [0.717, 1.165) is 52.4 Å². The highest BCUT2D eigenvalue weighted by molar-refractivity contribution is 6.01. The first-order chi connectivity index (χ1) is 19.2. The van der Waals surface area contributed by atoms with Crippen molar-refractivity contribution in [3.63, 3.8) is 0 Å². The van der Waals surface area contributed by atoms with Crippen LogP contribution < -0.4 is 20.4 Å². The van der Waals surface area contributed by atoms with Gasteiger partial charge in [-0.1, -0.05) is 5.92 Å². The second-order valence-electron chi connectivity index (χ2n) is 9.98. The molecule has 1 saturated heterocycles. The zero-order valence-corrected chi connectivity index (χ0v) is 23.5. The highest BCUT2D eigenvalue weighted by Gasteiger charge is 2.24. The minimum Gasteiger partial charge on any atom is -0.378 e. The van der Waals surface area contributed by atoms with Gasteiger partial charge in [0.25, 0.3) is 0 Å². The lowest BCUT2D eigenvalue weighted by Gasteiger charge is -2.27. The van der Waals surface area contributed by atoms with Crippen molar-refractivity contribution in [3.8, 4) is 23.0 Å². The molecular weight excluding hydrogens is 506 g/mol. The van der Waals surface area contributed by atoms with Gasteiger partial charge in [0.15, 0.2) is 0 Å². The van der Waals surface area contributed by atoms with Gasteiger partial charge < -0.3 is 25.2 Å². The number of benzene rings is 1. The molecule has 40 heavy (non-hydrogen) atoms. The van der Waals surface area contributed by atoms with E-state index in [2.05, 4.69) is 27.4 Å². The Balaban J connectivity index is 1.55. The van der Waals surface area contributed by atoms with Crippen molar-refractivity contribution in [2.45, 2.75) is 33.2 Å². The molecule has 2 N–H and O–H groups in total. The number of aryl methyl sites for hydroxylation is 2. The van der Waals surface area contributed by atoms with Crippen LogP contribution in [0.25, 0.3) is 11.1 Å². The van der Waals surface area contributed by atoms with Crippen LogP contribution in [0.4, 0.5) is 17.5 Å². The lowest BCUT2D eigenvalue weighted by molar-refractivity contribution is -0.118. The minimum atomic E-state index is -0.381. The number of aromatic nitrogens is 3. The van der Waals surface area contributed by atoms with E-state index in [-0.39, 0.29) is 17.9 Å². The summed E-state index contributed by atoms with van der Waals surface area (Å²) < 4.78 is 5.48. The van der Waals surface area contributed by atoms with Crippen LogP contribution in [0.5, 0.6) is 0 Å². The van der Waals surface area contributed by atoms with E-state index in [1.807, 2.05) is 38.1 Å². The summed E-state index contributed by atoms with van der Waals surface area (Å²) in [5.74, 6) is 7.40. The fourth-order valence-corrected chi connectivity index (χ4v) is 4.86. The number of hydrogen-bond acceptors (Lipinski definition) is 8. The second-order valence-corrected chi connectivity index (χ2v) is 9.98. The summed E-state index contributed by atoms with van der Waals surface area (Å²) in [6.07, 6.45) is 0.362. The molecular formula is C30H33N7O3. The molecule has 10 heteroatoms. The third-order valence-corrected chi connectivity index (χ3v) is 7.28. The van der Waals surface area contributed by atoms with Crippen molar-refractivity contribution in [2.75, 3.05) is 55.5 Å². The third kappa shape index (κ3) is 5.52. The zero-order chi connectivity index (χ0) is 28.4. The maximum Gasteiger partial charge on any atom is 0.242 e. The minimum absolute atomic E-state index is 0.0646. The molecule has 5 rings (SSSR count). The number of pyridine rings is 1. The molecule has 0 bridgehead atoms. The van der Waals surface area contributed by atoms with Crippen LogP contribution in [0.15, 0.2) is 30.3 Å². The molecule has 1 unspecified atom stereocenters. The molecule has 1 atom stereocenters. The molecule has 2 aromatic heterocycles. The van der Waals surface area contributed by atoms with Crippen LogP contribution in [0.1, 0.15) is 35.1 Å². The van der Waals surface area contributed by atoms with Crippen molar-refractivity contribution in [3.05, 3.63) is 58.5 Å². The summed E-state index contributed by atoms with van der Waals surface area (Å²) in [5.41, 5.74) is 6.41. The number of anilines is 3. The van der Waals surface area contributed by atoms with E-state index >= 15 is 0 Å². The van der Waals surface area contributed by atoms with Crippen molar-refractivity contribution in [1.29, 1.82) is 0 Å². The fraction of sp³-hybridized carbons (Fsp3) is 0.367. The number of rotatable bonds is 5. The summed E-state index contributed by atoms with van der Waals surface area (Å²) in [6, 6.07) is 9.06. The topological polar surface area (TPSA) is 113 Å². The van der Waals surface area contributed by atoms with Crippen molar-refractivity contribution in [1.82, 2.24) is 20.3 Å². The molecule has 10 nitrogen and oxygen atoms in total. The number of ether oxygens (including phenoxy) is 1. The number of fused-ring (bicyclic) bond motifs is 1. The summed E-state index contributed by atoms with van der Waals surface area (Å²) in [5, 5.41) is 5.80. The Bertz CT molecular complexity index is 1510. The zero-order valence-electron chi connectivity index (χ0n) is 23.5. The standard InChI is InChI=1S/C30H33N7O3/c1-18-28(19(2)33-30(32-18)37-12-14-40-15-13-37)23-8-11-26(35-29(39)20(3)31-4)34-24(23)9-6-21-7-10-25-22(16-21)17-27(38)36(25)5/h7-8,10-11,16,20,31H,12-15,17H2,1-5H3,(H,34,35,39). The summed E-state index contributed by atoms with van der Waals surface area (Å²) in [6.45, 7) is 8.50. The third-order valence-electron chi connectivity index (χ3n) is 7.28. The Kier molecular flexibility index (Phi) is 7.78.